The van der Waals surface area contributed by atoms with Crippen molar-refractivity contribution in [3.8, 4) is 0 Å². The Bertz CT molecular complexity index is 1230. The van der Waals surface area contributed by atoms with E-state index in [4.69, 9.17) is 19.2 Å². The van der Waals surface area contributed by atoms with E-state index in [0.29, 0.717) is 11.4 Å². The van der Waals surface area contributed by atoms with E-state index in [2.05, 4.69) is 26.1 Å². The fourth-order valence-electron chi connectivity index (χ4n) is 4.44. The van der Waals surface area contributed by atoms with Gasteiger partial charge in [-0.05, 0) is 69.9 Å². The lowest BCUT2D eigenvalue weighted by atomic mass is 9.71. The summed E-state index contributed by atoms with van der Waals surface area (Å²) in [4.78, 5) is 55.3. The molecule has 1 aliphatic rings. The SMILES string of the molecule is CCOC(=O)c1c(NC(=O)COC(C)=O)c2nc3c(cc2n1C(=O)OC(C)(C)C)CC(C(C)(C)C)CC3. The number of aromatic nitrogens is 2. The molecular formula is C27H37N3O7. The molecule has 0 spiro atoms. The highest BCUT2D eigenvalue weighted by Crippen LogP contribution is 2.40. The molecule has 10 nitrogen and oxygen atoms in total. The topological polar surface area (TPSA) is 126 Å². The van der Waals surface area contributed by atoms with E-state index in [-0.39, 0.29) is 28.9 Å². The lowest BCUT2D eigenvalue weighted by molar-refractivity contribution is -0.144. The fraction of sp³-hybridized carbons (Fsp3) is 0.593. The van der Waals surface area contributed by atoms with E-state index >= 15 is 0 Å². The van der Waals surface area contributed by atoms with Crippen molar-refractivity contribution >= 4 is 40.7 Å². The zero-order valence-corrected chi connectivity index (χ0v) is 22.9. The summed E-state index contributed by atoms with van der Waals surface area (Å²) < 4.78 is 16.8. The minimum Gasteiger partial charge on any atom is -0.461 e. The normalized spacial score (nSPS) is 15.6. The average Bonchev–Trinajstić information content (AvgIpc) is 3.07. The van der Waals surface area contributed by atoms with E-state index in [1.165, 1.54) is 6.92 Å². The number of aryl methyl sites for hydroxylation is 1. The summed E-state index contributed by atoms with van der Waals surface area (Å²) in [5, 5.41) is 2.62. The second-order valence-electron chi connectivity index (χ2n) is 11.4. The Labute approximate surface area is 217 Å². The molecule has 0 saturated heterocycles. The van der Waals surface area contributed by atoms with E-state index in [1.54, 1.807) is 27.7 Å². The number of nitrogens with zero attached hydrogens (tertiary/aromatic N) is 2. The maximum absolute atomic E-state index is 13.4. The molecule has 1 amide bonds. The third kappa shape index (κ3) is 6.47. The van der Waals surface area contributed by atoms with Gasteiger partial charge in [-0.25, -0.2) is 19.1 Å². The van der Waals surface area contributed by atoms with Crippen LogP contribution in [-0.4, -0.2) is 52.3 Å². The molecule has 0 saturated carbocycles. The number of ether oxygens (including phenoxy) is 3. The van der Waals surface area contributed by atoms with Crippen LogP contribution in [-0.2, 0) is 36.6 Å². The van der Waals surface area contributed by atoms with Gasteiger partial charge in [0.15, 0.2) is 12.3 Å². The lowest BCUT2D eigenvalue weighted by Gasteiger charge is -2.34. The van der Waals surface area contributed by atoms with Crippen LogP contribution in [0.3, 0.4) is 0 Å². The molecule has 0 aromatic carbocycles. The number of fused-ring (bicyclic) bond motifs is 2. The van der Waals surface area contributed by atoms with Gasteiger partial charge in [0.1, 0.15) is 16.8 Å². The summed E-state index contributed by atoms with van der Waals surface area (Å²) in [6.45, 7) is 14.1. The molecule has 2 aromatic rings. The van der Waals surface area contributed by atoms with Crippen LogP contribution < -0.4 is 5.32 Å². The van der Waals surface area contributed by atoms with Crippen LogP contribution in [0.1, 0.15) is 83.6 Å². The zero-order valence-electron chi connectivity index (χ0n) is 22.9. The Kier molecular flexibility index (Phi) is 8.00. The molecular weight excluding hydrogens is 478 g/mol. The predicted molar refractivity (Wildman–Crippen MR) is 138 cm³/mol. The number of carbonyl (C=O) groups excluding carboxylic acids is 4. The van der Waals surface area contributed by atoms with E-state index < -0.39 is 36.1 Å². The molecule has 37 heavy (non-hydrogen) atoms. The fourth-order valence-corrected chi connectivity index (χ4v) is 4.44. The van der Waals surface area contributed by atoms with Gasteiger partial charge in [0.25, 0.3) is 5.91 Å². The van der Waals surface area contributed by atoms with Gasteiger partial charge in [-0.2, -0.15) is 0 Å². The maximum Gasteiger partial charge on any atom is 0.419 e. The average molecular weight is 516 g/mol. The van der Waals surface area contributed by atoms with Crippen LogP contribution in [0.4, 0.5) is 10.5 Å². The quantitative estimate of drug-likeness (QED) is 0.451. The molecule has 1 aliphatic carbocycles. The number of esters is 2. The molecule has 2 aromatic heterocycles. The summed E-state index contributed by atoms with van der Waals surface area (Å²) in [6.07, 6.45) is 1.64. The van der Waals surface area contributed by atoms with Crippen LogP contribution >= 0.6 is 0 Å². The molecule has 1 N–H and O–H groups in total. The Balaban J connectivity index is 2.26. The number of carbonyl (C=O) groups is 4. The van der Waals surface area contributed by atoms with Gasteiger partial charge in [0.05, 0.1) is 12.1 Å². The maximum atomic E-state index is 13.4. The summed E-state index contributed by atoms with van der Waals surface area (Å²) in [6, 6.07) is 1.85. The van der Waals surface area contributed by atoms with Gasteiger partial charge < -0.3 is 19.5 Å². The molecule has 3 rings (SSSR count). The van der Waals surface area contributed by atoms with Crippen molar-refractivity contribution in [2.45, 2.75) is 80.3 Å². The van der Waals surface area contributed by atoms with Crippen molar-refractivity contribution in [2.75, 3.05) is 18.5 Å². The lowest BCUT2D eigenvalue weighted by Crippen LogP contribution is -2.30. The third-order valence-electron chi connectivity index (χ3n) is 6.25. The first kappa shape index (κ1) is 28.1. The zero-order chi connectivity index (χ0) is 27.7. The van der Waals surface area contributed by atoms with Gasteiger partial charge in [-0.1, -0.05) is 20.8 Å². The van der Waals surface area contributed by atoms with Crippen molar-refractivity contribution in [3.63, 3.8) is 0 Å². The molecule has 0 aliphatic heterocycles. The number of pyridine rings is 1. The Morgan fingerprint density at radius 3 is 2.35 bits per heavy atom. The molecule has 202 valence electrons. The second-order valence-corrected chi connectivity index (χ2v) is 11.4. The number of anilines is 1. The standard InChI is InChI=1S/C27H37N3O7/c1-9-35-24(33)23-22(29-20(32)14-36-15(2)31)21-19(30(23)25(34)37-27(6,7)8)13-16-12-17(26(3,4)5)10-11-18(16)28-21/h13,17H,9-12,14H2,1-8H3,(H,29,32). The van der Waals surface area contributed by atoms with Gasteiger partial charge >= 0.3 is 18.0 Å². The van der Waals surface area contributed by atoms with E-state index in [9.17, 15) is 19.2 Å². The first-order chi connectivity index (χ1) is 17.1. The molecule has 10 heteroatoms. The molecule has 0 radical (unpaired) electrons. The summed E-state index contributed by atoms with van der Waals surface area (Å²) in [5.41, 5.74) is 1.46. The summed E-state index contributed by atoms with van der Waals surface area (Å²) in [5.74, 6) is -1.72. The van der Waals surface area contributed by atoms with Crippen molar-refractivity contribution in [2.24, 2.45) is 11.3 Å². The molecule has 0 bridgehead atoms. The van der Waals surface area contributed by atoms with Gasteiger partial charge in [-0.15, -0.1) is 0 Å². The van der Waals surface area contributed by atoms with E-state index in [1.807, 2.05) is 6.07 Å². The Hall–Kier alpha value is -3.43. The minimum atomic E-state index is -0.850. The van der Waals surface area contributed by atoms with E-state index in [0.717, 1.165) is 35.1 Å². The Morgan fingerprint density at radius 2 is 1.78 bits per heavy atom. The largest absolute Gasteiger partial charge is 0.461 e. The number of hydrogen-bond acceptors (Lipinski definition) is 8. The first-order valence-corrected chi connectivity index (χ1v) is 12.5. The third-order valence-corrected chi connectivity index (χ3v) is 6.25. The van der Waals surface area contributed by atoms with Gasteiger partial charge in [0.2, 0.25) is 0 Å². The molecule has 1 atom stereocenters. The van der Waals surface area contributed by atoms with Gasteiger partial charge in [0, 0.05) is 12.6 Å². The highest BCUT2D eigenvalue weighted by molar-refractivity contribution is 6.13. The smallest absolute Gasteiger partial charge is 0.419 e. The second kappa shape index (κ2) is 10.5. The summed E-state index contributed by atoms with van der Waals surface area (Å²) >= 11 is 0. The van der Waals surface area contributed by atoms with Crippen molar-refractivity contribution in [1.82, 2.24) is 9.55 Å². The highest BCUT2D eigenvalue weighted by atomic mass is 16.6. The van der Waals surface area contributed by atoms with Crippen LogP contribution in [0.5, 0.6) is 0 Å². The molecule has 2 heterocycles. The predicted octanol–water partition coefficient (Wildman–Crippen LogP) is 4.65. The molecule has 0 fully saturated rings. The monoisotopic (exact) mass is 515 g/mol. The Morgan fingerprint density at radius 1 is 1.11 bits per heavy atom. The highest BCUT2D eigenvalue weighted by Gasteiger charge is 2.35. The van der Waals surface area contributed by atoms with Crippen molar-refractivity contribution in [3.05, 3.63) is 23.0 Å². The summed E-state index contributed by atoms with van der Waals surface area (Å²) in [7, 11) is 0. The van der Waals surface area contributed by atoms with Crippen molar-refractivity contribution in [1.29, 1.82) is 0 Å². The van der Waals surface area contributed by atoms with Crippen LogP contribution in [0.2, 0.25) is 0 Å². The van der Waals surface area contributed by atoms with Crippen LogP contribution in [0.25, 0.3) is 11.0 Å². The van der Waals surface area contributed by atoms with Gasteiger partial charge in [-0.3, -0.25) is 9.59 Å². The van der Waals surface area contributed by atoms with Crippen LogP contribution in [0, 0.1) is 11.3 Å². The first-order valence-electron chi connectivity index (χ1n) is 12.5. The number of amides is 1. The minimum absolute atomic E-state index is 0.0113. The number of rotatable bonds is 5. The number of nitrogens with one attached hydrogen (secondary N) is 1. The van der Waals surface area contributed by atoms with Crippen LogP contribution in [0.15, 0.2) is 6.07 Å². The molecule has 1 unspecified atom stereocenters. The number of hydrogen-bond donors (Lipinski definition) is 1. The van der Waals surface area contributed by atoms with Crippen molar-refractivity contribution < 1.29 is 33.4 Å².